The van der Waals surface area contributed by atoms with Crippen molar-refractivity contribution in [1.82, 2.24) is 4.98 Å². The molecular weight excluding hydrogens is 595 g/mol. The highest BCUT2D eigenvalue weighted by Gasteiger charge is 2.25. The number of anilines is 2. The molecule has 0 radical (unpaired) electrons. The van der Waals surface area contributed by atoms with Crippen molar-refractivity contribution in [2.45, 2.75) is 37.3 Å². The van der Waals surface area contributed by atoms with E-state index < -0.39 is 45.9 Å². The van der Waals surface area contributed by atoms with E-state index in [-0.39, 0.29) is 38.3 Å². The number of halogens is 2. The quantitative estimate of drug-likeness (QED) is 0.294. The number of hydrogen-bond donors (Lipinski definition) is 3. The van der Waals surface area contributed by atoms with Gasteiger partial charge in [-0.05, 0) is 69.3 Å². The van der Waals surface area contributed by atoms with Crippen LogP contribution >= 0.6 is 23.2 Å². The van der Waals surface area contributed by atoms with Gasteiger partial charge in [-0.2, -0.15) is 0 Å². The third-order valence-electron chi connectivity index (χ3n) is 5.20. The minimum absolute atomic E-state index is 0.0183. The molecule has 1 aromatic heterocycles. The summed E-state index contributed by atoms with van der Waals surface area (Å²) < 4.78 is 35.2. The Morgan fingerprint density at radius 3 is 2.22 bits per heavy atom. The molecule has 2 amide bonds. The highest BCUT2D eigenvalue weighted by atomic mass is 35.5. The van der Waals surface area contributed by atoms with E-state index in [2.05, 4.69) is 15.6 Å². The molecule has 11 nitrogen and oxygen atoms in total. The van der Waals surface area contributed by atoms with Crippen LogP contribution in [-0.2, 0) is 19.4 Å². The Hall–Kier alpha value is -3.71. The number of sulfone groups is 1. The van der Waals surface area contributed by atoms with E-state index in [0.29, 0.717) is 5.02 Å². The predicted octanol–water partition coefficient (Wildman–Crippen LogP) is 4.34. The Morgan fingerprint density at radius 2 is 1.61 bits per heavy atom. The fraction of sp³-hybridized carbons (Fsp3) is 0.259. The van der Waals surface area contributed by atoms with Crippen LogP contribution in [0, 0.1) is 0 Å². The second kappa shape index (κ2) is 12.9. The molecular formula is C27H28Cl2N4O7S. The monoisotopic (exact) mass is 622 g/mol. The van der Waals surface area contributed by atoms with Crippen molar-refractivity contribution in [3.05, 3.63) is 75.9 Å². The van der Waals surface area contributed by atoms with Crippen LogP contribution in [0.2, 0.25) is 10.0 Å². The number of carbonyl (C=O) groups is 3. The van der Waals surface area contributed by atoms with Gasteiger partial charge >= 0.3 is 5.97 Å². The lowest BCUT2D eigenvalue weighted by Crippen LogP contribution is -2.41. The van der Waals surface area contributed by atoms with Crippen LogP contribution in [0.25, 0.3) is 0 Å². The molecule has 0 spiro atoms. The van der Waals surface area contributed by atoms with Gasteiger partial charge in [0.15, 0.2) is 9.84 Å². The molecule has 0 aliphatic rings. The standard InChI is InChI=1S/C27H28Cl2N4O7S/c1-27(2,3)40-26(36)20(30)14-39-22-12-17(41(4,37)38)7-8-18(22)24(34)32-21-9-5-15(28)11-19(21)25(35)33-23-10-6-16(29)13-31-23/h5-13,20H,14,30H2,1-4H3,(H,32,34)(H,31,33,35). The number of esters is 1. The first-order valence-electron chi connectivity index (χ1n) is 12.0. The van der Waals surface area contributed by atoms with Gasteiger partial charge in [-0.1, -0.05) is 23.2 Å². The Kier molecular flexibility index (Phi) is 9.98. The van der Waals surface area contributed by atoms with Crippen molar-refractivity contribution in [2.75, 3.05) is 23.5 Å². The predicted molar refractivity (Wildman–Crippen MR) is 155 cm³/mol. The summed E-state index contributed by atoms with van der Waals surface area (Å²) in [6.45, 7) is 4.61. The van der Waals surface area contributed by atoms with Crippen LogP contribution in [0.4, 0.5) is 11.5 Å². The smallest absolute Gasteiger partial charge is 0.326 e. The van der Waals surface area contributed by atoms with Gasteiger partial charge in [0.25, 0.3) is 11.8 Å². The van der Waals surface area contributed by atoms with E-state index in [9.17, 15) is 22.8 Å². The van der Waals surface area contributed by atoms with Crippen LogP contribution in [0.3, 0.4) is 0 Å². The number of aromatic nitrogens is 1. The molecule has 14 heteroatoms. The van der Waals surface area contributed by atoms with Gasteiger partial charge in [0, 0.05) is 17.5 Å². The average molecular weight is 624 g/mol. The molecule has 0 fully saturated rings. The molecule has 4 N–H and O–H groups in total. The molecule has 1 atom stereocenters. The summed E-state index contributed by atoms with van der Waals surface area (Å²) >= 11 is 11.9. The van der Waals surface area contributed by atoms with Crippen LogP contribution < -0.4 is 21.1 Å². The average Bonchev–Trinajstić information content (AvgIpc) is 2.87. The van der Waals surface area contributed by atoms with Crippen LogP contribution in [0.15, 0.2) is 59.6 Å². The molecule has 3 aromatic rings. The summed E-state index contributed by atoms with van der Waals surface area (Å²) in [6.07, 6.45) is 2.35. The van der Waals surface area contributed by atoms with E-state index in [4.69, 9.17) is 38.4 Å². The summed E-state index contributed by atoms with van der Waals surface area (Å²) in [5, 5.41) is 5.82. The topological polar surface area (TPSA) is 167 Å². The fourth-order valence-corrected chi connectivity index (χ4v) is 4.22. The first-order valence-corrected chi connectivity index (χ1v) is 14.7. The Balaban J connectivity index is 1.89. The number of amides is 2. The zero-order valence-corrected chi connectivity index (χ0v) is 24.9. The van der Waals surface area contributed by atoms with Gasteiger partial charge in [0.05, 0.1) is 26.7 Å². The van der Waals surface area contributed by atoms with Gasteiger partial charge in [0.1, 0.15) is 29.8 Å². The van der Waals surface area contributed by atoms with Gasteiger partial charge in [-0.25, -0.2) is 13.4 Å². The fourth-order valence-electron chi connectivity index (χ4n) is 3.30. The maximum atomic E-state index is 13.4. The minimum Gasteiger partial charge on any atom is -0.490 e. The second-order valence-corrected chi connectivity index (χ2v) is 12.7. The largest absolute Gasteiger partial charge is 0.490 e. The van der Waals surface area contributed by atoms with E-state index in [0.717, 1.165) is 12.3 Å². The number of nitrogens with one attached hydrogen (secondary N) is 2. The molecule has 41 heavy (non-hydrogen) atoms. The molecule has 3 rings (SSSR count). The maximum absolute atomic E-state index is 13.4. The van der Waals surface area contributed by atoms with Crippen molar-refractivity contribution >= 4 is 62.3 Å². The number of pyridine rings is 1. The summed E-state index contributed by atoms with van der Waals surface area (Å²) in [5.41, 5.74) is 5.13. The number of nitrogens with zero attached hydrogens (tertiary/aromatic N) is 1. The van der Waals surface area contributed by atoms with Crippen LogP contribution in [0.5, 0.6) is 5.75 Å². The molecule has 0 saturated heterocycles. The zero-order chi connectivity index (χ0) is 30.5. The van der Waals surface area contributed by atoms with Crippen molar-refractivity contribution in [2.24, 2.45) is 5.73 Å². The van der Waals surface area contributed by atoms with E-state index >= 15 is 0 Å². The highest BCUT2D eigenvalue weighted by molar-refractivity contribution is 7.90. The van der Waals surface area contributed by atoms with Crippen molar-refractivity contribution in [1.29, 1.82) is 0 Å². The number of benzene rings is 2. The van der Waals surface area contributed by atoms with Gasteiger partial charge in [-0.3, -0.25) is 14.4 Å². The lowest BCUT2D eigenvalue weighted by atomic mass is 10.1. The number of carbonyl (C=O) groups excluding carboxylic acids is 3. The van der Waals surface area contributed by atoms with Crippen molar-refractivity contribution < 1.29 is 32.3 Å². The molecule has 0 aliphatic heterocycles. The number of rotatable bonds is 9. The number of hydrogen-bond acceptors (Lipinski definition) is 9. The van der Waals surface area contributed by atoms with Crippen LogP contribution in [0.1, 0.15) is 41.5 Å². The second-order valence-electron chi connectivity index (χ2n) is 9.84. The van der Waals surface area contributed by atoms with E-state index in [1.165, 1.54) is 42.6 Å². The van der Waals surface area contributed by atoms with E-state index in [1.54, 1.807) is 26.8 Å². The van der Waals surface area contributed by atoms with Crippen molar-refractivity contribution in [3.8, 4) is 5.75 Å². The molecule has 2 aromatic carbocycles. The van der Waals surface area contributed by atoms with Gasteiger partial charge in [0.2, 0.25) is 0 Å². The first kappa shape index (κ1) is 31.8. The third kappa shape index (κ3) is 9.15. The van der Waals surface area contributed by atoms with Gasteiger partial charge < -0.3 is 25.8 Å². The zero-order valence-electron chi connectivity index (χ0n) is 22.5. The third-order valence-corrected chi connectivity index (χ3v) is 6.77. The summed E-state index contributed by atoms with van der Waals surface area (Å²) in [6, 6.07) is 9.69. The molecule has 0 bridgehead atoms. The SMILES string of the molecule is CC(C)(C)OC(=O)C(N)COc1cc(S(C)(=O)=O)ccc1C(=O)Nc1ccc(Cl)cc1C(=O)Nc1ccc(Cl)cn1. The minimum atomic E-state index is -3.68. The summed E-state index contributed by atoms with van der Waals surface area (Å²) in [4.78, 5) is 42.5. The molecule has 0 aliphatic carbocycles. The summed E-state index contributed by atoms with van der Waals surface area (Å²) in [7, 11) is -3.68. The normalized spacial score (nSPS) is 12.3. The Bertz CT molecular complexity index is 1570. The Labute approximate surface area is 247 Å². The highest BCUT2D eigenvalue weighted by Crippen LogP contribution is 2.27. The number of nitrogens with two attached hydrogens (primary N) is 1. The molecule has 218 valence electrons. The maximum Gasteiger partial charge on any atom is 0.326 e. The molecule has 0 saturated carbocycles. The number of ether oxygens (including phenoxy) is 2. The lowest BCUT2D eigenvalue weighted by Gasteiger charge is -2.22. The molecule has 1 heterocycles. The van der Waals surface area contributed by atoms with E-state index in [1.807, 2.05) is 0 Å². The Morgan fingerprint density at radius 1 is 0.951 bits per heavy atom. The van der Waals surface area contributed by atoms with Crippen LogP contribution in [-0.4, -0.2) is 55.7 Å². The van der Waals surface area contributed by atoms with Gasteiger partial charge in [-0.15, -0.1) is 0 Å². The summed E-state index contributed by atoms with van der Waals surface area (Å²) in [5.74, 6) is -2.05. The lowest BCUT2D eigenvalue weighted by molar-refractivity contribution is -0.157. The molecule has 1 unspecified atom stereocenters. The first-order chi connectivity index (χ1) is 19.0. The van der Waals surface area contributed by atoms with Crippen molar-refractivity contribution in [3.63, 3.8) is 0 Å².